The fourth-order valence-electron chi connectivity index (χ4n) is 5.54. The lowest BCUT2D eigenvalue weighted by Crippen LogP contribution is -2.53. The zero-order chi connectivity index (χ0) is 31.1. The number of para-hydroxylation sites is 1. The maximum absolute atomic E-state index is 14.4. The molecule has 1 unspecified atom stereocenters. The molecule has 0 radical (unpaired) electrons. The zero-order valence-electron chi connectivity index (χ0n) is 24.9. The molecular weight excluding hydrogens is 605 g/mol. The van der Waals surface area contributed by atoms with Crippen LogP contribution in [-0.4, -0.2) is 43.8 Å². The molecular formula is C33H39Cl2N3O4S. The van der Waals surface area contributed by atoms with E-state index >= 15 is 0 Å². The molecule has 4 rings (SSSR count). The number of sulfonamides is 1. The third kappa shape index (κ3) is 7.72. The van der Waals surface area contributed by atoms with Crippen LogP contribution in [0.5, 0.6) is 0 Å². The van der Waals surface area contributed by atoms with Crippen LogP contribution in [0.25, 0.3) is 0 Å². The summed E-state index contributed by atoms with van der Waals surface area (Å²) in [6.07, 6.45) is 4.75. The SMILES string of the molecule is CCc1ccccc1N(CC(=O)N(Cc1c(Cl)cccc1Cl)C(CC)C(=O)NC1CCCC1)S(=O)(=O)c1ccc(C)cc1. The maximum atomic E-state index is 14.4. The molecule has 1 aliphatic carbocycles. The van der Waals surface area contributed by atoms with Crippen LogP contribution in [0.3, 0.4) is 0 Å². The Morgan fingerprint density at radius 2 is 1.56 bits per heavy atom. The number of nitrogens with one attached hydrogen (secondary N) is 1. The normalized spacial score (nSPS) is 14.3. The molecule has 0 heterocycles. The molecule has 230 valence electrons. The van der Waals surface area contributed by atoms with Gasteiger partial charge in [-0.05, 0) is 68.5 Å². The number of amides is 2. The Balaban J connectivity index is 1.77. The molecule has 43 heavy (non-hydrogen) atoms. The Morgan fingerprint density at radius 1 is 0.930 bits per heavy atom. The minimum atomic E-state index is -4.16. The number of carbonyl (C=O) groups excluding carboxylic acids is 2. The second-order valence-electron chi connectivity index (χ2n) is 10.9. The van der Waals surface area contributed by atoms with Gasteiger partial charge in [0.1, 0.15) is 12.6 Å². The molecule has 0 spiro atoms. The van der Waals surface area contributed by atoms with E-state index in [1.807, 2.05) is 32.9 Å². The highest BCUT2D eigenvalue weighted by molar-refractivity contribution is 7.92. The van der Waals surface area contributed by atoms with Crippen molar-refractivity contribution in [1.29, 1.82) is 0 Å². The summed E-state index contributed by atoms with van der Waals surface area (Å²) in [5, 5.41) is 3.83. The van der Waals surface area contributed by atoms with E-state index in [1.54, 1.807) is 54.6 Å². The number of anilines is 1. The number of nitrogens with zero attached hydrogens (tertiary/aromatic N) is 2. The van der Waals surface area contributed by atoms with Crippen LogP contribution < -0.4 is 9.62 Å². The van der Waals surface area contributed by atoms with Crippen LogP contribution >= 0.6 is 23.2 Å². The monoisotopic (exact) mass is 643 g/mol. The molecule has 1 saturated carbocycles. The van der Waals surface area contributed by atoms with Crippen LogP contribution in [0.2, 0.25) is 10.0 Å². The van der Waals surface area contributed by atoms with Gasteiger partial charge in [-0.3, -0.25) is 13.9 Å². The summed E-state index contributed by atoms with van der Waals surface area (Å²) in [5.74, 6) is -0.807. The molecule has 3 aromatic carbocycles. The predicted molar refractivity (Wildman–Crippen MR) is 173 cm³/mol. The Morgan fingerprint density at radius 3 is 2.16 bits per heavy atom. The Labute approximate surface area is 265 Å². The minimum Gasteiger partial charge on any atom is -0.352 e. The van der Waals surface area contributed by atoms with Crippen LogP contribution in [0, 0.1) is 6.92 Å². The average Bonchev–Trinajstić information content (AvgIpc) is 3.50. The summed E-state index contributed by atoms with van der Waals surface area (Å²) in [6, 6.07) is 18.0. The van der Waals surface area contributed by atoms with Crippen molar-refractivity contribution < 1.29 is 18.0 Å². The fraction of sp³-hybridized carbons (Fsp3) is 0.394. The smallest absolute Gasteiger partial charge is 0.264 e. The first-order chi connectivity index (χ1) is 20.6. The maximum Gasteiger partial charge on any atom is 0.264 e. The summed E-state index contributed by atoms with van der Waals surface area (Å²) < 4.78 is 29.5. The van der Waals surface area contributed by atoms with Crippen LogP contribution in [-0.2, 0) is 32.6 Å². The summed E-state index contributed by atoms with van der Waals surface area (Å²) in [4.78, 5) is 29.5. The van der Waals surface area contributed by atoms with E-state index in [-0.39, 0.29) is 23.4 Å². The van der Waals surface area contributed by atoms with Gasteiger partial charge in [0.15, 0.2) is 0 Å². The Kier molecular flexibility index (Phi) is 11.2. The number of hydrogen-bond acceptors (Lipinski definition) is 4. The van der Waals surface area contributed by atoms with Gasteiger partial charge in [-0.1, -0.05) is 91.9 Å². The first-order valence-electron chi connectivity index (χ1n) is 14.8. The molecule has 7 nitrogen and oxygen atoms in total. The van der Waals surface area contributed by atoms with Crippen molar-refractivity contribution in [3.8, 4) is 0 Å². The third-order valence-corrected chi connectivity index (χ3v) is 10.5. The predicted octanol–water partition coefficient (Wildman–Crippen LogP) is 6.93. The Bertz CT molecular complexity index is 1520. The van der Waals surface area contributed by atoms with Crippen molar-refractivity contribution in [2.24, 2.45) is 0 Å². The standard InChI is InChI=1S/C33H39Cl2N3O4S/c1-4-24-11-6-9-16-31(24)38(43(41,42)26-19-17-23(3)18-20-26)22-32(39)37(21-27-28(34)14-10-15-29(27)35)30(5-2)33(40)36-25-12-7-8-13-25/h6,9-11,14-20,25,30H,4-5,7-8,12-13,21-22H2,1-3H3,(H,36,40). The van der Waals surface area contributed by atoms with Crippen LogP contribution in [0.15, 0.2) is 71.6 Å². The van der Waals surface area contributed by atoms with Crippen LogP contribution in [0.4, 0.5) is 5.69 Å². The summed E-state index contributed by atoms with van der Waals surface area (Å²) in [7, 11) is -4.16. The molecule has 0 aromatic heterocycles. The highest BCUT2D eigenvalue weighted by Crippen LogP contribution is 2.30. The molecule has 1 N–H and O–H groups in total. The quantitative estimate of drug-likeness (QED) is 0.232. The van der Waals surface area contributed by atoms with Gasteiger partial charge in [-0.15, -0.1) is 0 Å². The topological polar surface area (TPSA) is 86.8 Å². The molecule has 3 aromatic rings. The molecule has 10 heteroatoms. The average molecular weight is 645 g/mol. The Hall–Kier alpha value is -3.07. The zero-order valence-corrected chi connectivity index (χ0v) is 27.2. The van der Waals surface area contributed by atoms with Gasteiger partial charge in [0.2, 0.25) is 11.8 Å². The molecule has 1 atom stereocenters. The fourth-order valence-corrected chi connectivity index (χ4v) is 7.51. The van der Waals surface area contributed by atoms with Gasteiger partial charge >= 0.3 is 0 Å². The third-order valence-electron chi connectivity index (χ3n) is 8.01. The van der Waals surface area contributed by atoms with Gasteiger partial charge in [-0.2, -0.15) is 0 Å². The van der Waals surface area contributed by atoms with Gasteiger partial charge in [0, 0.05) is 28.2 Å². The van der Waals surface area contributed by atoms with Gasteiger partial charge in [0.05, 0.1) is 10.6 Å². The van der Waals surface area contributed by atoms with Crippen LogP contribution in [0.1, 0.15) is 62.6 Å². The lowest BCUT2D eigenvalue weighted by molar-refractivity contribution is -0.140. The largest absolute Gasteiger partial charge is 0.352 e. The van der Waals surface area contributed by atoms with Crippen molar-refractivity contribution in [3.05, 3.63) is 93.5 Å². The summed E-state index contributed by atoms with van der Waals surface area (Å²) in [5.41, 5.74) is 2.60. The molecule has 1 aliphatic rings. The van der Waals surface area contributed by atoms with E-state index in [0.29, 0.717) is 34.1 Å². The van der Waals surface area contributed by atoms with E-state index in [0.717, 1.165) is 41.1 Å². The van der Waals surface area contributed by atoms with Crippen molar-refractivity contribution in [3.63, 3.8) is 0 Å². The van der Waals surface area contributed by atoms with E-state index in [9.17, 15) is 18.0 Å². The number of halogens is 2. The lowest BCUT2D eigenvalue weighted by Gasteiger charge is -2.34. The van der Waals surface area contributed by atoms with Gasteiger partial charge in [0.25, 0.3) is 10.0 Å². The molecule has 0 aliphatic heterocycles. The van der Waals surface area contributed by atoms with E-state index in [4.69, 9.17) is 23.2 Å². The number of carbonyl (C=O) groups is 2. The molecule has 2 amide bonds. The summed E-state index contributed by atoms with van der Waals surface area (Å²) in [6.45, 7) is 5.08. The highest BCUT2D eigenvalue weighted by Gasteiger charge is 2.35. The molecule has 0 saturated heterocycles. The van der Waals surface area contributed by atoms with E-state index in [2.05, 4.69) is 5.32 Å². The van der Waals surface area contributed by atoms with E-state index in [1.165, 1.54) is 4.90 Å². The first kappa shape index (κ1) is 32.8. The second kappa shape index (κ2) is 14.6. The van der Waals surface area contributed by atoms with Crippen molar-refractivity contribution >= 4 is 50.7 Å². The van der Waals surface area contributed by atoms with E-state index < -0.39 is 28.5 Å². The van der Waals surface area contributed by atoms with Gasteiger partial charge in [-0.25, -0.2) is 8.42 Å². The van der Waals surface area contributed by atoms with Crippen molar-refractivity contribution in [2.45, 2.75) is 82.8 Å². The number of aryl methyl sites for hydroxylation is 2. The number of hydrogen-bond donors (Lipinski definition) is 1. The molecule has 1 fully saturated rings. The second-order valence-corrected chi connectivity index (χ2v) is 13.6. The van der Waals surface area contributed by atoms with Gasteiger partial charge < -0.3 is 10.2 Å². The lowest BCUT2D eigenvalue weighted by atomic mass is 10.1. The minimum absolute atomic E-state index is 0.0530. The van der Waals surface area contributed by atoms with Crippen molar-refractivity contribution in [1.82, 2.24) is 10.2 Å². The first-order valence-corrected chi connectivity index (χ1v) is 17.0. The summed E-state index contributed by atoms with van der Waals surface area (Å²) >= 11 is 13.0. The highest BCUT2D eigenvalue weighted by atomic mass is 35.5. The number of benzene rings is 3. The van der Waals surface area contributed by atoms with Crippen molar-refractivity contribution in [2.75, 3.05) is 10.8 Å². The number of rotatable bonds is 12. The molecule has 0 bridgehead atoms.